The van der Waals surface area contributed by atoms with E-state index in [4.69, 9.17) is 0 Å². The molecule has 0 saturated heterocycles. The Labute approximate surface area is 99.7 Å². The van der Waals surface area contributed by atoms with Gasteiger partial charge < -0.3 is 9.88 Å². The van der Waals surface area contributed by atoms with Crippen molar-refractivity contribution >= 4 is 16.9 Å². The molecule has 0 bridgehead atoms. The van der Waals surface area contributed by atoms with E-state index in [1.54, 1.807) is 0 Å². The summed E-state index contributed by atoms with van der Waals surface area (Å²) in [5.41, 5.74) is 2.00. The summed E-state index contributed by atoms with van der Waals surface area (Å²) in [5.74, 6) is 0.933. The summed E-state index contributed by atoms with van der Waals surface area (Å²) in [6, 6.07) is 6.08. The van der Waals surface area contributed by atoms with Gasteiger partial charge in [0.05, 0.1) is 13.1 Å². The van der Waals surface area contributed by atoms with Crippen molar-refractivity contribution in [1.82, 2.24) is 14.9 Å². The number of nitrogens with zero attached hydrogens (tertiary/aromatic N) is 3. The highest BCUT2D eigenvalue weighted by atomic mass is 15.1. The topological polar surface area (TPSA) is 42.2 Å². The fourth-order valence-corrected chi connectivity index (χ4v) is 2.06. The molecule has 0 fully saturated rings. The van der Waals surface area contributed by atoms with Gasteiger partial charge in [0.2, 0.25) is 0 Å². The molecule has 0 aromatic carbocycles. The summed E-state index contributed by atoms with van der Waals surface area (Å²) < 4.78 is 2.10. The van der Waals surface area contributed by atoms with E-state index in [2.05, 4.69) is 38.6 Å². The van der Waals surface area contributed by atoms with Crippen molar-refractivity contribution in [1.29, 1.82) is 0 Å². The molecule has 4 nitrogen and oxygen atoms in total. The molecule has 17 heavy (non-hydrogen) atoms. The van der Waals surface area contributed by atoms with E-state index < -0.39 is 0 Å². The van der Waals surface area contributed by atoms with Gasteiger partial charge in [-0.2, -0.15) is 0 Å². The second-order valence-corrected chi connectivity index (χ2v) is 4.12. The molecule has 1 aliphatic rings. The van der Waals surface area contributed by atoms with Crippen LogP contribution in [-0.2, 0) is 6.54 Å². The predicted molar refractivity (Wildman–Crippen MR) is 69.2 cm³/mol. The molecular weight excluding hydrogens is 212 g/mol. The highest BCUT2D eigenvalue weighted by molar-refractivity contribution is 5.98. The summed E-state index contributed by atoms with van der Waals surface area (Å²) in [5, 5.41) is 4.39. The van der Waals surface area contributed by atoms with Crippen LogP contribution in [0.3, 0.4) is 0 Å². The van der Waals surface area contributed by atoms with Crippen molar-refractivity contribution in [3.05, 3.63) is 42.7 Å². The molecule has 0 spiro atoms. The van der Waals surface area contributed by atoms with Gasteiger partial charge in [-0.15, -0.1) is 0 Å². The number of hydrogen-bond acceptors (Lipinski definition) is 3. The van der Waals surface area contributed by atoms with Gasteiger partial charge >= 0.3 is 0 Å². The molecule has 0 radical (unpaired) electrons. The first kappa shape index (κ1) is 10.1. The second kappa shape index (κ2) is 4.05. The van der Waals surface area contributed by atoms with Gasteiger partial charge in [0, 0.05) is 29.9 Å². The molecule has 3 heterocycles. The minimum absolute atomic E-state index is 0.729. The van der Waals surface area contributed by atoms with Crippen molar-refractivity contribution < 1.29 is 0 Å². The van der Waals surface area contributed by atoms with Crippen LogP contribution in [0, 0.1) is 0 Å². The zero-order valence-corrected chi connectivity index (χ0v) is 9.56. The Balaban J connectivity index is 1.87. The number of aromatic nitrogens is 2. The minimum atomic E-state index is 0.729. The molecule has 4 heteroatoms. The standard InChI is InChI=1S/C13H14N4/c1-10(12-14-6-7-15-12)9-17-8-4-11-3-2-5-16-13(11)17/h2-5,8H,1,6-7,9H2,(H,14,15). The SMILES string of the molecule is C=C(Cn1ccc2cccnc21)C1=NCCN1. The molecule has 0 amide bonds. The van der Waals surface area contributed by atoms with Crippen LogP contribution in [0.5, 0.6) is 0 Å². The first-order valence-electron chi connectivity index (χ1n) is 5.71. The lowest BCUT2D eigenvalue weighted by Crippen LogP contribution is -2.22. The van der Waals surface area contributed by atoms with E-state index in [1.807, 2.05) is 18.5 Å². The Morgan fingerprint density at radius 1 is 1.47 bits per heavy atom. The number of pyridine rings is 1. The molecule has 0 atom stereocenters. The smallest absolute Gasteiger partial charge is 0.140 e. The van der Waals surface area contributed by atoms with Crippen LogP contribution < -0.4 is 5.32 Å². The van der Waals surface area contributed by atoms with Gasteiger partial charge in [-0.05, 0) is 18.2 Å². The Morgan fingerprint density at radius 2 is 2.41 bits per heavy atom. The Bertz CT molecular complexity index is 594. The lowest BCUT2D eigenvalue weighted by atomic mass is 10.2. The largest absolute Gasteiger partial charge is 0.368 e. The van der Waals surface area contributed by atoms with Crippen LogP contribution in [0.1, 0.15) is 0 Å². The van der Waals surface area contributed by atoms with Crippen molar-refractivity contribution in [3.8, 4) is 0 Å². The maximum atomic E-state index is 4.38. The van der Waals surface area contributed by atoms with Crippen LogP contribution in [0.4, 0.5) is 0 Å². The molecule has 86 valence electrons. The number of amidine groups is 1. The number of nitrogens with one attached hydrogen (secondary N) is 1. The molecule has 0 unspecified atom stereocenters. The number of fused-ring (bicyclic) bond motifs is 1. The van der Waals surface area contributed by atoms with E-state index in [1.165, 1.54) is 0 Å². The van der Waals surface area contributed by atoms with Crippen LogP contribution >= 0.6 is 0 Å². The van der Waals surface area contributed by atoms with E-state index in [0.717, 1.165) is 42.1 Å². The summed E-state index contributed by atoms with van der Waals surface area (Å²) in [6.45, 7) is 6.57. The number of hydrogen-bond donors (Lipinski definition) is 1. The fraction of sp³-hybridized carbons (Fsp3) is 0.231. The summed E-state index contributed by atoms with van der Waals surface area (Å²) >= 11 is 0. The van der Waals surface area contributed by atoms with Gasteiger partial charge in [-0.1, -0.05) is 6.58 Å². The molecule has 1 N–H and O–H groups in total. The van der Waals surface area contributed by atoms with E-state index in [-0.39, 0.29) is 0 Å². The maximum Gasteiger partial charge on any atom is 0.140 e. The van der Waals surface area contributed by atoms with Crippen LogP contribution in [0.15, 0.2) is 47.7 Å². The van der Waals surface area contributed by atoms with Crippen molar-refractivity contribution in [2.45, 2.75) is 6.54 Å². The van der Waals surface area contributed by atoms with Gasteiger partial charge in [0.1, 0.15) is 11.5 Å². The summed E-state index contributed by atoms with van der Waals surface area (Å²) in [4.78, 5) is 8.75. The third kappa shape index (κ3) is 1.82. The number of aliphatic imine (C=N–C) groups is 1. The van der Waals surface area contributed by atoms with E-state index in [0.29, 0.717) is 0 Å². The first-order chi connectivity index (χ1) is 8.34. The van der Waals surface area contributed by atoms with Gasteiger partial charge in [0.15, 0.2) is 0 Å². The molecule has 2 aromatic heterocycles. The van der Waals surface area contributed by atoms with Crippen LogP contribution in [0.25, 0.3) is 11.0 Å². The first-order valence-corrected chi connectivity index (χ1v) is 5.71. The maximum absolute atomic E-state index is 4.38. The average molecular weight is 226 g/mol. The highest BCUT2D eigenvalue weighted by Gasteiger charge is 2.10. The zero-order valence-electron chi connectivity index (χ0n) is 9.56. The molecular formula is C13H14N4. The molecule has 0 saturated carbocycles. The van der Waals surface area contributed by atoms with Crippen molar-refractivity contribution in [2.24, 2.45) is 4.99 Å². The fourth-order valence-electron chi connectivity index (χ4n) is 2.06. The van der Waals surface area contributed by atoms with Crippen molar-refractivity contribution in [3.63, 3.8) is 0 Å². The minimum Gasteiger partial charge on any atom is -0.368 e. The predicted octanol–water partition coefficient (Wildman–Crippen LogP) is 1.59. The van der Waals surface area contributed by atoms with Gasteiger partial charge in [-0.3, -0.25) is 4.99 Å². The summed E-state index contributed by atoms with van der Waals surface area (Å²) in [6.07, 6.45) is 3.85. The van der Waals surface area contributed by atoms with E-state index in [9.17, 15) is 0 Å². The molecule has 2 aromatic rings. The van der Waals surface area contributed by atoms with E-state index >= 15 is 0 Å². The Hall–Kier alpha value is -2.10. The third-order valence-electron chi connectivity index (χ3n) is 2.89. The zero-order chi connectivity index (χ0) is 11.7. The van der Waals surface area contributed by atoms with Gasteiger partial charge in [0.25, 0.3) is 0 Å². The lowest BCUT2D eigenvalue weighted by Gasteiger charge is -2.08. The molecule has 0 aliphatic carbocycles. The molecule has 3 rings (SSSR count). The van der Waals surface area contributed by atoms with Crippen LogP contribution in [-0.4, -0.2) is 28.5 Å². The highest BCUT2D eigenvalue weighted by Crippen LogP contribution is 2.14. The van der Waals surface area contributed by atoms with Crippen molar-refractivity contribution in [2.75, 3.05) is 13.1 Å². The Morgan fingerprint density at radius 3 is 3.24 bits per heavy atom. The Kier molecular flexibility index (Phi) is 2.40. The average Bonchev–Trinajstić information content (AvgIpc) is 2.98. The normalized spacial score (nSPS) is 14.7. The third-order valence-corrected chi connectivity index (χ3v) is 2.89. The quantitative estimate of drug-likeness (QED) is 0.863. The molecule has 1 aliphatic heterocycles. The monoisotopic (exact) mass is 226 g/mol. The lowest BCUT2D eigenvalue weighted by molar-refractivity contribution is 0.828. The number of rotatable bonds is 3. The summed E-state index contributed by atoms with van der Waals surface area (Å²) in [7, 11) is 0. The second-order valence-electron chi connectivity index (χ2n) is 4.12. The van der Waals surface area contributed by atoms with Crippen LogP contribution in [0.2, 0.25) is 0 Å². The van der Waals surface area contributed by atoms with Gasteiger partial charge in [-0.25, -0.2) is 4.98 Å².